The van der Waals surface area contributed by atoms with Gasteiger partial charge in [0.05, 0.1) is 36.5 Å². The molecule has 9 heteroatoms. The largest absolute Gasteiger partial charge is 0.497 e. The van der Waals surface area contributed by atoms with Gasteiger partial charge in [-0.15, -0.1) is 0 Å². The number of nitrogens with zero attached hydrogens (tertiary/aromatic N) is 1. The molecule has 3 rings (SSSR count). The van der Waals surface area contributed by atoms with E-state index in [-0.39, 0.29) is 6.54 Å². The predicted molar refractivity (Wildman–Crippen MR) is 110 cm³/mol. The Balaban J connectivity index is 1.97. The Hall–Kier alpha value is -2.20. The normalized spacial score (nSPS) is 15.8. The van der Waals surface area contributed by atoms with E-state index in [9.17, 15) is 20.4 Å². The molecule has 0 radical (unpaired) electrons. The number of anilines is 1. The van der Waals surface area contributed by atoms with Crippen molar-refractivity contribution in [1.29, 1.82) is 0 Å². The minimum absolute atomic E-state index is 0.134. The van der Waals surface area contributed by atoms with Crippen molar-refractivity contribution in [3.8, 4) is 5.75 Å². The number of pyridine rings is 1. The molecule has 4 atom stereocenters. The number of fused-ring (bicyclic) bond motifs is 2. The van der Waals surface area contributed by atoms with Gasteiger partial charge in [0.1, 0.15) is 24.1 Å². The number of benzene rings is 2. The molecule has 0 saturated carbocycles. The van der Waals surface area contributed by atoms with E-state index in [4.69, 9.17) is 21.4 Å². The van der Waals surface area contributed by atoms with Crippen LogP contribution in [-0.4, -0.2) is 75.2 Å². The molecule has 29 heavy (non-hydrogen) atoms. The quantitative estimate of drug-likeness (QED) is 0.295. The second-order valence-corrected chi connectivity index (χ2v) is 7.15. The molecule has 3 aromatic rings. The molecule has 1 aromatic heterocycles. The van der Waals surface area contributed by atoms with E-state index in [1.807, 2.05) is 0 Å². The van der Waals surface area contributed by atoms with Crippen LogP contribution in [0.25, 0.3) is 21.8 Å². The van der Waals surface area contributed by atoms with Gasteiger partial charge in [-0.25, -0.2) is 4.98 Å². The molecule has 8 nitrogen and oxygen atoms in total. The van der Waals surface area contributed by atoms with Crippen LogP contribution in [0.1, 0.15) is 0 Å². The maximum Gasteiger partial charge on any atom is 0.119 e. The van der Waals surface area contributed by atoms with E-state index in [1.54, 1.807) is 43.5 Å². The Kier molecular flexibility index (Phi) is 6.74. The number of methoxy groups -OCH3 is 1. The van der Waals surface area contributed by atoms with Crippen molar-refractivity contribution in [2.45, 2.75) is 24.4 Å². The number of nitrogens with one attached hydrogen (secondary N) is 1. The van der Waals surface area contributed by atoms with Crippen LogP contribution in [0, 0.1) is 0 Å². The number of hydrogen-bond donors (Lipinski definition) is 6. The summed E-state index contributed by atoms with van der Waals surface area (Å²) < 4.78 is 5.29. The van der Waals surface area contributed by atoms with Crippen molar-refractivity contribution >= 4 is 39.1 Å². The molecule has 4 unspecified atom stereocenters. The Labute approximate surface area is 172 Å². The summed E-state index contributed by atoms with van der Waals surface area (Å²) in [6.07, 6.45) is -6.33. The maximum absolute atomic E-state index is 10.3. The van der Waals surface area contributed by atoms with Gasteiger partial charge in [0, 0.05) is 22.3 Å². The highest BCUT2D eigenvalue weighted by molar-refractivity contribution is 6.31. The third-order valence-electron chi connectivity index (χ3n) is 4.76. The molecule has 0 aliphatic rings. The lowest BCUT2D eigenvalue weighted by Gasteiger charge is -2.26. The Morgan fingerprint density at radius 3 is 2.38 bits per heavy atom. The Morgan fingerprint density at radius 1 is 0.966 bits per heavy atom. The summed E-state index contributed by atoms with van der Waals surface area (Å²) in [6, 6.07) is 10.6. The third kappa shape index (κ3) is 4.53. The molecule has 156 valence electrons. The highest BCUT2D eigenvalue weighted by atomic mass is 35.5. The number of rotatable bonds is 8. The molecule has 0 amide bonds. The Bertz CT molecular complexity index is 1000. The van der Waals surface area contributed by atoms with E-state index < -0.39 is 31.0 Å². The smallest absolute Gasteiger partial charge is 0.119 e. The first-order chi connectivity index (χ1) is 13.8. The number of aromatic nitrogens is 1. The molecule has 0 saturated heterocycles. The van der Waals surface area contributed by atoms with Crippen LogP contribution in [0.2, 0.25) is 5.02 Å². The standard InChI is InChI=1S/C20H23ClN2O6/c1-29-11-3-5-14-13(7-11)18(12-4-2-10(21)6-15(12)23-14)22-8-16(25)19(27)20(28)17(26)9-24/h2-7,16-17,19-20,24-28H,8-9H2,1H3,(H,22,23). The lowest BCUT2D eigenvalue weighted by Crippen LogP contribution is -2.48. The van der Waals surface area contributed by atoms with Crippen LogP contribution in [0.4, 0.5) is 5.69 Å². The average molecular weight is 423 g/mol. The maximum atomic E-state index is 10.3. The fourth-order valence-corrected chi connectivity index (χ4v) is 3.27. The first-order valence-electron chi connectivity index (χ1n) is 8.99. The lowest BCUT2D eigenvalue weighted by molar-refractivity contribution is -0.111. The summed E-state index contributed by atoms with van der Waals surface area (Å²) >= 11 is 6.09. The van der Waals surface area contributed by atoms with Crippen molar-refractivity contribution in [2.75, 3.05) is 25.6 Å². The highest BCUT2D eigenvalue weighted by Crippen LogP contribution is 2.34. The summed E-state index contributed by atoms with van der Waals surface area (Å²) in [5.41, 5.74) is 1.96. The summed E-state index contributed by atoms with van der Waals surface area (Å²) in [5, 5.41) is 53.6. The summed E-state index contributed by atoms with van der Waals surface area (Å²) in [4.78, 5) is 4.61. The van der Waals surface area contributed by atoms with Gasteiger partial charge < -0.3 is 35.6 Å². The topological polar surface area (TPSA) is 135 Å². The van der Waals surface area contributed by atoms with Gasteiger partial charge in [0.15, 0.2) is 0 Å². The fourth-order valence-electron chi connectivity index (χ4n) is 3.10. The molecule has 6 N–H and O–H groups in total. The number of aliphatic hydroxyl groups excluding tert-OH is 5. The number of ether oxygens (including phenoxy) is 1. The van der Waals surface area contributed by atoms with E-state index in [0.29, 0.717) is 27.5 Å². The van der Waals surface area contributed by atoms with Gasteiger partial charge in [-0.3, -0.25) is 0 Å². The van der Waals surface area contributed by atoms with Gasteiger partial charge in [-0.1, -0.05) is 11.6 Å². The predicted octanol–water partition coefficient (Wildman–Crippen LogP) is 0.898. The molecule has 0 bridgehead atoms. The first kappa shape index (κ1) is 21.5. The van der Waals surface area contributed by atoms with Crippen LogP contribution in [0.5, 0.6) is 5.75 Å². The molecule has 2 aromatic carbocycles. The molecular formula is C20H23ClN2O6. The number of halogens is 1. The van der Waals surface area contributed by atoms with Crippen LogP contribution in [0.3, 0.4) is 0 Å². The molecule has 0 aliphatic carbocycles. The van der Waals surface area contributed by atoms with Gasteiger partial charge in [0.25, 0.3) is 0 Å². The van der Waals surface area contributed by atoms with E-state index >= 15 is 0 Å². The van der Waals surface area contributed by atoms with Gasteiger partial charge in [-0.05, 0) is 36.4 Å². The van der Waals surface area contributed by atoms with Crippen LogP contribution >= 0.6 is 11.6 Å². The Morgan fingerprint density at radius 2 is 1.69 bits per heavy atom. The highest BCUT2D eigenvalue weighted by Gasteiger charge is 2.30. The summed E-state index contributed by atoms with van der Waals surface area (Å²) in [5.74, 6) is 0.623. The van der Waals surface area contributed by atoms with E-state index in [2.05, 4.69) is 10.3 Å². The number of hydrogen-bond acceptors (Lipinski definition) is 8. The van der Waals surface area contributed by atoms with Crippen LogP contribution in [0.15, 0.2) is 36.4 Å². The molecule has 1 heterocycles. The van der Waals surface area contributed by atoms with E-state index in [0.717, 1.165) is 10.8 Å². The SMILES string of the molecule is COc1ccc2nc3cc(Cl)ccc3c(NCC(O)C(O)C(O)C(O)CO)c2c1. The molecule has 0 spiro atoms. The number of aliphatic hydroxyl groups is 5. The minimum Gasteiger partial charge on any atom is -0.497 e. The monoisotopic (exact) mass is 422 g/mol. The average Bonchev–Trinajstić information content (AvgIpc) is 2.74. The van der Waals surface area contributed by atoms with Crippen molar-refractivity contribution in [3.63, 3.8) is 0 Å². The molecule has 0 aliphatic heterocycles. The minimum atomic E-state index is -1.69. The summed E-state index contributed by atoms with van der Waals surface area (Å²) in [7, 11) is 1.55. The second kappa shape index (κ2) is 9.08. The van der Waals surface area contributed by atoms with E-state index in [1.165, 1.54) is 0 Å². The van der Waals surface area contributed by atoms with Crippen molar-refractivity contribution in [1.82, 2.24) is 4.98 Å². The van der Waals surface area contributed by atoms with Gasteiger partial charge in [0.2, 0.25) is 0 Å². The zero-order valence-corrected chi connectivity index (χ0v) is 16.4. The second-order valence-electron chi connectivity index (χ2n) is 6.71. The fraction of sp³-hybridized carbons (Fsp3) is 0.350. The van der Waals surface area contributed by atoms with Crippen molar-refractivity contribution in [2.24, 2.45) is 0 Å². The lowest BCUT2D eigenvalue weighted by atomic mass is 10.0. The third-order valence-corrected chi connectivity index (χ3v) is 4.99. The van der Waals surface area contributed by atoms with Gasteiger partial charge >= 0.3 is 0 Å². The first-order valence-corrected chi connectivity index (χ1v) is 9.37. The zero-order valence-electron chi connectivity index (χ0n) is 15.7. The van der Waals surface area contributed by atoms with Gasteiger partial charge in [-0.2, -0.15) is 0 Å². The van der Waals surface area contributed by atoms with Crippen LogP contribution in [-0.2, 0) is 0 Å². The molecule has 0 fully saturated rings. The molecular weight excluding hydrogens is 400 g/mol. The summed E-state index contributed by atoms with van der Waals surface area (Å²) in [6.45, 7) is -0.872. The van der Waals surface area contributed by atoms with Crippen molar-refractivity contribution in [3.05, 3.63) is 41.4 Å². The van der Waals surface area contributed by atoms with Crippen molar-refractivity contribution < 1.29 is 30.3 Å². The zero-order chi connectivity index (χ0) is 21.1. The van der Waals surface area contributed by atoms with Crippen LogP contribution < -0.4 is 10.1 Å².